The van der Waals surface area contributed by atoms with Crippen LogP contribution < -0.4 is 0 Å². The van der Waals surface area contributed by atoms with E-state index in [-0.39, 0.29) is 5.69 Å². The van der Waals surface area contributed by atoms with Gasteiger partial charge in [0.1, 0.15) is 0 Å². The third kappa shape index (κ3) is 3.74. The van der Waals surface area contributed by atoms with Crippen LogP contribution in [0.15, 0.2) is 29.2 Å². The topological polar surface area (TPSA) is 141 Å². The maximum Gasteiger partial charge on any atom is 0.412 e. The molecule has 0 atom stereocenters. The third-order valence-corrected chi connectivity index (χ3v) is 3.77. The highest BCUT2D eigenvalue weighted by molar-refractivity contribution is 7.97. The van der Waals surface area contributed by atoms with Gasteiger partial charge in [-0.1, -0.05) is 0 Å². The third-order valence-electron chi connectivity index (χ3n) is 1.51. The molecule has 1 N–H and O–H groups in total. The largest absolute Gasteiger partial charge is 0.412 e. The predicted molar refractivity (Wildman–Crippen MR) is 52.9 cm³/mol. The molecule has 11 heteroatoms. The van der Waals surface area contributed by atoms with Crippen LogP contribution in [0.3, 0.4) is 0 Å². The van der Waals surface area contributed by atoms with Gasteiger partial charge in [-0.15, -0.1) is 3.63 Å². The summed E-state index contributed by atoms with van der Waals surface area (Å²) < 4.78 is 54.5. The van der Waals surface area contributed by atoms with E-state index in [1.807, 2.05) is 0 Å². The van der Waals surface area contributed by atoms with Crippen molar-refractivity contribution in [2.45, 2.75) is 4.90 Å². The maximum absolute atomic E-state index is 11.2. The molecule has 94 valence electrons. The molecule has 0 spiro atoms. The van der Waals surface area contributed by atoms with E-state index in [9.17, 15) is 26.9 Å². The van der Waals surface area contributed by atoms with Crippen molar-refractivity contribution >= 4 is 26.2 Å². The molecule has 0 saturated carbocycles. The van der Waals surface area contributed by atoms with Crippen LogP contribution >= 0.6 is 0 Å². The molecule has 0 aliphatic rings. The summed E-state index contributed by atoms with van der Waals surface area (Å²) in [6.07, 6.45) is 0. The van der Waals surface area contributed by atoms with Crippen molar-refractivity contribution in [1.29, 1.82) is 0 Å². The first-order valence-corrected chi connectivity index (χ1v) is 6.57. The summed E-state index contributed by atoms with van der Waals surface area (Å²) in [5.74, 6) is 0. The highest BCUT2D eigenvalue weighted by atomic mass is 32.3. The molecule has 0 unspecified atom stereocenters. The van der Waals surface area contributed by atoms with E-state index < -0.39 is 30.3 Å². The lowest BCUT2D eigenvalue weighted by molar-refractivity contribution is -0.384. The first-order valence-electron chi connectivity index (χ1n) is 3.80. The zero-order chi connectivity index (χ0) is 13.3. The highest BCUT2D eigenvalue weighted by Crippen LogP contribution is 2.18. The number of hydrogen-bond acceptors (Lipinski definition) is 7. The van der Waals surface area contributed by atoms with Gasteiger partial charge >= 0.3 is 20.5 Å². The second-order valence-electron chi connectivity index (χ2n) is 2.70. The fourth-order valence-electron chi connectivity index (χ4n) is 0.887. The number of nitro benzene ring substituents is 1. The van der Waals surface area contributed by atoms with Gasteiger partial charge in [0.25, 0.3) is 5.69 Å². The molecule has 1 aromatic carbocycles. The van der Waals surface area contributed by atoms with E-state index in [1.54, 1.807) is 0 Å². The normalized spacial score (nSPS) is 12.3. The van der Waals surface area contributed by atoms with Gasteiger partial charge < -0.3 is 0 Å². The van der Waals surface area contributed by atoms with Gasteiger partial charge in [0, 0.05) is 12.1 Å². The summed E-state index contributed by atoms with van der Waals surface area (Å²) in [4.78, 5) is 8.88. The van der Waals surface area contributed by atoms with E-state index in [1.165, 1.54) is 0 Å². The summed E-state index contributed by atoms with van der Waals surface area (Å²) in [6, 6.07) is 3.25. The van der Waals surface area contributed by atoms with Crippen molar-refractivity contribution in [3.63, 3.8) is 0 Å². The quantitative estimate of drug-likeness (QED) is 0.466. The maximum atomic E-state index is 11.2. The molecule has 17 heavy (non-hydrogen) atoms. The Morgan fingerprint density at radius 1 is 1.12 bits per heavy atom. The summed E-state index contributed by atoms with van der Waals surface area (Å²) in [5.41, 5.74) is -0.379. The number of nitrogens with zero attached hydrogens (tertiary/aromatic N) is 1. The van der Waals surface area contributed by atoms with Crippen molar-refractivity contribution in [2.75, 3.05) is 0 Å². The monoisotopic (exact) mass is 283 g/mol. The van der Waals surface area contributed by atoms with E-state index in [2.05, 4.69) is 3.63 Å². The molecule has 9 nitrogen and oxygen atoms in total. The van der Waals surface area contributed by atoms with Crippen LogP contribution in [0, 0.1) is 10.1 Å². The summed E-state index contributed by atoms with van der Waals surface area (Å²) in [6.45, 7) is 0. The van der Waals surface area contributed by atoms with Crippen LogP contribution in [-0.4, -0.2) is 26.3 Å². The lowest BCUT2D eigenvalue weighted by Gasteiger charge is -2.01. The van der Waals surface area contributed by atoms with Gasteiger partial charge in [-0.3, -0.25) is 14.7 Å². The molecule has 0 saturated heterocycles. The molecule has 0 aromatic heterocycles. The van der Waals surface area contributed by atoms with Gasteiger partial charge in [-0.25, -0.2) is 0 Å². The molecule has 1 rings (SSSR count). The number of hydrogen-bond donors (Lipinski definition) is 1. The highest BCUT2D eigenvalue weighted by Gasteiger charge is 2.23. The van der Waals surface area contributed by atoms with Crippen molar-refractivity contribution in [2.24, 2.45) is 0 Å². The Morgan fingerprint density at radius 3 is 1.94 bits per heavy atom. The Kier molecular flexibility index (Phi) is 3.47. The van der Waals surface area contributed by atoms with E-state index >= 15 is 0 Å². The SMILES string of the molecule is O=[N+]([O-])c1ccc(S(=O)(=O)OS(=O)(=O)O)cc1. The molecule has 0 amide bonds. The smallest absolute Gasteiger partial charge is 0.263 e. The van der Waals surface area contributed by atoms with Gasteiger partial charge in [-0.2, -0.15) is 16.8 Å². The minimum Gasteiger partial charge on any atom is -0.263 e. The fourth-order valence-corrected chi connectivity index (χ4v) is 2.58. The average Bonchev–Trinajstić information content (AvgIpc) is 2.14. The fraction of sp³-hybridized carbons (Fsp3) is 0. The van der Waals surface area contributed by atoms with Gasteiger partial charge in [-0.05, 0) is 12.1 Å². The zero-order valence-corrected chi connectivity index (χ0v) is 9.51. The Labute approximate surface area is 95.9 Å². The molecule has 0 heterocycles. The van der Waals surface area contributed by atoms with Gasteiger partial charge in [0.2, 0.25) is 0 Å². The van der Waals surface area contributed by atoms with Crippen molar-refractivity contribution < 1.29 is 29.9 Å². The van der Waals surface area contributed by atoms with Gasteiger partial charge in [0.05, 0.1) is 9.82 Å². The minimum absolute atomic E-state index is 0.379. The second kappa shape index (κ2) is 4.37. The van der Waals surface area contributed by atoms with E-state index in [4.69, 9.17) is 4.55 Å². The van der Waals surface area contributed by atoms with Crippen LogP contribution in [0.2, 0.25) is 0 Å². The Hall–Kier alpha value is -1.56. The molecule has 0 fully saturated rings. The minimum atomic E-state index is -5.18. The molecule has 0 aliphatic carbocycles. The van der Waals surface area contributed by atoms with E-state index in [0.717, 1.165) is 24.3 Å². The molecule has 0 bridgehead atoms. The summed E-state index contributed by atoms with van der Waals surface area (Å²) in [7, 11) is -9.90. The number of nitro groups is 1. The molecule has 0 radical (unpaired) electrons. The number of benzene rings is 1. The Morgan fingerprint density at radius 2 is 1.59 bits per heavy atom. The molecule has 0 aliphatic heterocycles. The standard InChI is InChI=1S/C6H5NO8S2/c8-7(9)5-1-3-6(4-2-5)16(10,11)15-17(12,13)14/h1-4H,(H,12,13,14). The Balaban J connectivity index is 3.13. The first kappa shape index (κ1) is 13.5. The van der Waals surface area contributed by atoms with Crippen molar-refractivity contribution in [3.05, 3.63) is 34.4 Å². The molecular formula is C6H5NO8S2. The van der Waals surface area contributed by atoms with Gasteiger partial charge in [0.15, 0.2) is 0 Å². The lowest BCUT2D eigenvalue weighted by atomic mass is 10.3. The lowest BCUT2D eigenvalue weighted by Crippen LogP contribution is -2.12. The summed E-state index contributed by atoms with van der Waals surface area (Å²) in [5, 5.41) is 10.3. The van der Waals surface area contributed by atoms with Crippen LogP contribution in [0.1, 0.15) is 0 Å². The van der Waals surface area contributed by atoms with Crippen LogP contribution in [0.4, 0.5) is 5.69 Å². The molecular weight excluding hydrogens is 278 g/mol. The number of non-ortho nitro benzene ring substituents is 1. The molecule has 1 aromatic rings. The van der Waals surface area contributed by atoms with Crippen LogP contribution in [0.5, 0.6) is 0 Å². The Bertz CT molecular complexity index is 629. The van der Waals surface area contributed by atoms with E-state index in [0.29, 0.717) is 0 Å². The van der Waals surface area contributed by atoms with Crippen molar-refractivity contribution in [1.82, 2.24) is 0 Å². The van der Waals surface area contributed by atoms with Crippen LogP contribution in [0.25, 0.3) is 0 Å². The average molecular weight is 283 g/mol. The first-order chi connectivity index (χ1) is 7.62. The van der Waals surface area contributed by atoms with Crippen LogP contribution in [-0.2, 0) is 24.1 Å². The summed E-state index contributed by atoms with van der Waals surface area (Å²) >= 11 is 0. The predicted octanol–water partition coefficient (Wildman–Crippen LogP) is 0.103. The number of rotatable bonds is 4. The second-order valence-corrected chi connectivity index (χ2v) is 5.48. The van der Waals surface area contributed by atoms with Crippen molar-refractivity contribution in [3.8, 4) is 0 Å². The zero-order valence-electron chi connectivity index (χ0n) is 7.88.